The minimum Gasteiger partial charge on any atom is -0.322 e. The third-order valence-electron chi connectivity index (χ3n) is 3.55. The molecule has 0 atom stereocenters. The second-order valence-electron chi connectivity index (χ2n) is 5.18. The van der Waals surface area contributed by atoms with E-state index in [1.54, 1.807) is 6.07 Å². The van der Waals surface area contributed by atoms with E-state index >= 15 is 0 Å². The molecule has 0 unspecified atom stereocenters. The van der Waals surface area contributed by atoms with Crippen molar-refractivity contribution in [3.8, 4) is 0 Å². The van der Waals surface area contributed by atoms with Gasteiger partial charge in [-0.15, -0.1) is 0 Å². The Bertz CT molecular complexity index is 932. The molecule has 2 aromatic rings. The molecule has 2 N–H and O–H groups in total. The van der Waals surface area contributed by atoms with Gasteiger partial charge in [-0.3, -0.25) is 29.8 Å². The summed E-state index contributed by atoms with van der Waals surface area (Å²) >= 11 is 0. The summed E-state index contributed by atoms with van der Waals surface area (Å²) in [5.41, 5.74) is 1.13. The number of hydrogen-bond acceptors (Lipinski definition) is 5. The molecular formula is C17H11N3O5. The van der Waals surface area contributed by atoms with Crippen molar-refractivity contribution in [2.75, 3.05) is 5.32 Å². The van der Waals surface area contributed by atoms with Gasteiger partial charge in [0.2, 0.25) is 5.91 Å². The average molecular weight is 337 g/mol. The number of fused-ring (bicyclic) bond motifs is 1. The lowest BCUT2D eigenvalue weighted by Gasteiger charge is -2.05. The highest BCUT2D eigenvalue weighted by atomic mass is 16.6. The van der Waals surface area contributed by atoms with Crippen LogP contribution in [0.25, 0.3) is 6.08 Å². The number of amides is 3. The van der Waals surface area contributed by atoms with Crippen LogP contribution in [0.3, 0.4) is 0 Å². The number of nitro benzene ring substituents is 1. The number of non-ortho nitro benzene ring substituents is 1. The molecule has 8 nitrogen and oxygen atoms in total. The molecule has 0 aromatic heterocycles. The van der Waals surface area contributed by atoms with Crippen molar-refractivity contribution in [1.29, 1.82) is 0 Å². The third-order valence-corrected chi connectivity index (χ3v) is 3.55. The number of imide groups is 1. The highest BCUT2D eigenvalue weighted by Crippen LogP contribution is 2.24. The lowest BCUT2D eigenvalue weighted by molar-refractivity contribution is -0.384. The van der Waals surface area contributed by atoms with E-state index in [4.69, 9.17) is 0 Å². The Morgan fingerprint density at radius 2 is 1.80 bits per heavy atom. The second-order valence-corrected chi connectivity index (χ2v) is 5.18. The zero-order valence-corrected chi connectivity index (χ0v) is 12.7. The summed E-state index contributed by atoms with van der Waals surface area (Å²) in [6, 6.07) is 10.3. The van der Waals surface area contributed by atoms with E-state index in [2.05, 4.69) is 10.6 Å². The van der Waals surface area contributed by atoms with Gasteiger partial charge in [-0.1, -0.05) is 6.07 Å². The van der Waals surface area contributed by atoms with Crippen LogP contribution in [0, 0.1) is 10.1 Å². The molecule has 25 heavy (non-hydrogen) atoms. The number of nitro groups is 1. The number of anilines is 1. The van der Waals surface area contributed by atoms with Gasteiger partial charge in [0.1, 0.15) is 0 Å². The quantitative estimate of drug-likeness (QED) is 0.383. The predicted octanol–water partition coefficient (Wildman–Crippen LogP) is 2.13. The number of nitrogens with one attached hydrogen (secondary N) is 2. The topological polar surface area (TPSA) is 118 Å². The summed E-state index contributed by atoms with van der Waals surface area (Å²) in [6.45, 7) is 0. The van der Waals surface area contributed by atoms with E-state index in [1.807, 2.05) is 0 Å². The Hall–Kier alpha value is -3.81. The summed E-state index contributed by atoms with van der Waals surface area (Å²) in [4.78, 5) is 45.5. The van der Waals surface area contributed by atoms with Gasteiger partial charge < -0.3 is 5.32 Å². The lowest BCUT2D eigenvalue weighted by atomic mass is 10.1. The number of nitrogens with zero attached hydrogens (tertiary/aromatic N) is 1. The van der Waals surface area contributed by atoms with Crippen molar-refractivity contribution >= 4 is 35.2 Å². The van der Waals surface area contributed by atoms with E-state index in [0.29, 0.717) is 5.56 Å². The minimum absolute atomic E-state index is 0.0443. The molecule has 0 aliphatic carbocycles. The molecule has 0 radical (unpaired) electrons. The van der Waals surface area contributed by atoms with Crippen LogP contribution in [-0.4, -0.2) is 22.6 Å². The molecule has 1 aliphatic heterocycles. The fourth-order valence-corrected chi connectivity index (χ4v) is 2.38. The maximum absolute atomic E-state index is 12.0. The molecule has 1 aliphatic rings. The standard InChI is InChI=1S/C17H11N3O5/c21-14(9-6-10-4-7-11(8-5-10)20(24)25)18-13-3-1-2-12-15(13)17(23)19-16(12)22/h1-9H,(H,18,21)(H,19,22,23)/b9-6+. The van der Waals surface area contributed by atoms with E-state index in [0.717, 1.165) is 0 Å². The third kappa shape index (κ3) is 3.27. The molecule has 0 saturated heterocycles. The molecule has 8 heteroatoms. The zero-order chi connectivity index (χ0) is 18.0. The Balaban J connectivity index is 1.74. The summed E-state index contributed by atoms with van der Waals surface area (Å²) in [7, 11) is 0. The van der Waals surface area contributed by atoms with E-state index in [-0.39, 0.29) is 22.5 Å². The molecule has 2 aromatic carbocycles. The number of rotatable bonds is 4. The largest absolute Gasteiger partial charge is 0.322 e. The highest BCUT2D eigenvalue weighted by molar-refractivity contribution is 6.24. The zero-order valence-electron chi connectivity index (χ0n) is 12.7. The molecule has 0 saturated carbocycles. The van der Waals surface area contributed by atoms with Crippen molar-refractivity contribution in [3.63, 3.8) is 0 Å². The first kappa shape index (κ1) is 16.1. The molecule has 1 heterocycles. The number of carbonyl (C=O) groups excluding carboxylic acids is 3. The first-order valence-electron chi connectivity index (χ1n) is 7.18. The predicted molar refractivity (Wildman–Crippen MR) is 89.0 cm³/mol. The van der Waals surface area contributed by atoms with Crippen LogP contribution in [0.15, 0.2) is 48.5 Å². The van der Waals surface area contributed by atoms with Gasteiger partial charge >= 0.3 is 0 Å². The van der Waals surface area contributed by atoms with Crippen LogP contribution in [0.4, 0.5) is 11.4 Å². The van der Waals surface area contributed by atoms with Crippen molar-refractivity contribution in [1.82, 2.24) is 5.32 Å². The monoisotopic (exact) mass is 337 g/mol. The SMILES string of the molecule is O=C(/C=C/c1ccc([N+](=O)[O-])cc1)Nc1cccc2c1C(=O)NC2=O. The summed E-state index contributed by atoms with van der Waals surface area (Å²) in [6.07, 6.45) is 2.71. The Morgan fingerprint density at radius 1 is 1.08 bits per heavy atom. The van der Waals surface area contributed by atoms with Crippen LogP contribution in [0.1, 0.15) is 26.3 Å². The summed E-state index contributed by atoms with van der Waals surface area (Å²) < 4.78 is 0. The van der Waals surface area contributed by atoms with Crippen molar-refractivity contribution in [2.24, 2.45) is 0 Å². The average Bonchev–Trinajstić information content (AvgIpc) is 2.89. The lowest BCUT2D eigenvalue weighted by Crippen LogP contribution is -2.20. The van der Waals surface area contributed by atoms with Crippen LogP contribution in [0.2, 0.25) is 0 Å². The van der Waals surface area contributed by atoms with Crippen LogP contribution < -0.4 is 10.6 Å². The van der Waals surface area contributed by atoms with Gasteiger partial charge in [0.15, 0.2) is 0 Å². The Kier molecular flexibility index (Phi) is 4.09. The molecule has 3 amide bonds. The summed E-state index contributed by atoms with van der Waals surface area (Å²) in [5, 5.41) is 15.3. The number of carbonyl (C=O) groups is 3. The molecule has 0 fully saturated rings. The van der Waals surface area contributed by atoms with Crippen LogP contribution >= 0.6 is 0 Å². The van der Waals surface area contributed by atoms with Crippen molar-refractivity contribution in [2.45, 2.75) is 0 Å². The maximum atomic E-state index is 12.0. The van der Waals surface area contributed by atoms with Crippen LogP contribution in [0.5, 0.6) is 0 Å². The van der Waals surface area contributed by atoms with E-state index < -0.39 is 22.6 Å². The van der Waals surface area contributed by atoms with Crippen LogP contribution in [-0.2, 0) is 4.79 Å². The molecular weight excluding hydrogens is 326 g/mol. The minimum atomic E-state index is -0.560. The van der Waals surface area contributed by atoms with Gasteiger partial charge in [0.25, 0.3) is 17.5 Å². The fraction of sp³-hybridized carbons (Fsp3) is 0. The maximum Gasteiger partial charge on any atom is 0.269 e. The first-order chi connectivity index (χ1) is 12.0. The molecule has 124 valence electrons. The number of hydrogen-bond donors (Lipinski definition) is 2. The molecule has 0 spiro atoms. The van der Waals surface area contributed by atoms with Gasteiger partial charge in [-0.05, 0) is 35.9 Å². The molecule has 0 bridgehead atoms. The second kappa shape index (κ2) is 6.36. The smallest absolute Gasteiger partial charge is 0.269 e. The normalized spacial score (nSPS) is 12.8. The van der Waals surface area contributed by atoms with Crippen molar-refractivity contribution < 1.29 is 19.3 Å². The van der Waals surface area contributed by atoms with E-state index in [1.165, 1.54) is 48.6 Å². The fourth-order valence-electron chi connectivity index (χ4n) is 2.38. The van der Waals surface area contributed by atoms with Gasteiger partial charge in [0, 0.05) is 18.2 Å². The van der Waals surface area contributed by atoms with Gasteiger partial charge in [-0.25, -0.2) is 0 Å². The number of benzene rings is 2. The first-order valence-corrected chi connectivity index (χ1v) is 7.18. The Labute approximate surface area is 141 Å². The van der Waals surface area contributed by atoms with Gasteiger partial charge in [-0.2, -0.15) is 0 Å². The Morgan fingerprint density at radius 3 is 2.48 bits per heavy atom. The van der Waals surface area contributed by atoms with Gasteiger partial charge in [0.05, 0.1) is 21.7 Å². The summed E-state index contributed by atoms with van der Waals surface area (Å²) in [5.74, 6) is -1.56. The van der Waals surface area contributed by atoms with E-state index in [9.17, 15) is 24.5 Å². The van der Waals surface area contributed by atoms with Crippen molar-refractivity contribution in [3.05, 3.63) is 75.3 Å². The highest BCUT2D eigenvalue weighted by Gasteiger charge is 2.29. The molecule has 3 rings (SSSR count).